The predicted molar refractivity (Wildman–Crippen MR) is 103 cm³/mol. The van der Waals surface area contributed by atoms with Gasteiger partial charge in [-0.05, 0) is 56.0 Å². The first-order valence-corrected chi connectivity index (χ1v) is 9.85. The van der Waals surface area contributed by atoms with Crippen molar-refractivity contribution in [3.05, 3.63) is 58.7 Å². The normalized spacial score (nSPS) is 11.2. The summed E-state index contributed by atoms with van der Waals surface area (Å²) in [5.41, 5.74) is 4.82. The molecule has 0 spiro atoms. The first-order valence-electron chi connectivity index (χ1n) is 8.00. The van der Waals surface area contributed by atoms with Gasteiger partial charge in [0.15, 0.2) is 0 Å². The van der Waals surface area contributed by atoms with Gasteiger partial charge in [-0.2, -0.15) is 0 Å². The van der Waals surface area contributed by atoms with Crippen LogP contribution in [-0.4, -0.2) is 27.1 Å². The summed E-state index contributed by atoms with van der Waals surface area (Å²) in [6.45, 7) is 7.24. The number of nitrogens with zero attached hydrogens (tertiary/aromatic N) is 1. The Bertz CT molecular complexity index is 885. The van der Waals surface area contributed by atoms with Crippen molar-refractivity contribution in [1.29, 1.82) is 0 Å². The van der Waals surface area contributed by atoms with E-state index in [1.54, 1.807) is 0 Å². The van der Waals surface area contributed by atoms with Crippen molar-refractivity contribution in [2.75, 3.05) is 22.4 Å². The van der Waals surface area contributed by atoms with E-state index >= 15 is 0 Å². The van der Waals surface area contributed by atoms with Crippen LogP contribution in [0.25, 0.3) is 0 Å². The lowest BCUT2D eigenvalue weighted by Crippen LogP contribution is -2.38. The summed E-state index contributed by atoms with van der Waals surface area (Å²) in [6.07, 6.45) is 1.12. The van der Waals surface area contributed by atoms with Gasteiger partial charge in [-0.1, -0.05) is 30.3 Å². The number of rotatable bonds is 5. The molecule has 0 unspecified atom stereocenters. The van der Waals surface area contributed by atoms with Crippen LogP contribution in [0.1, 0.15) is 22.3 Å². The zero-order valence-corrected chi connectivity index (χ0v) is 16.1. The van der Waals surface area contributed by atoms with Crippen LogP contribution >= 0.6 is 0 Å². The van der Waals surface area contributed by atoms with E-state index in [0.717, 1.165) is 32.8 Å². The molecule has 0 bridgehead atoms. The second kappa shape index (κ2) is 7.27. The number of para-hydroxylation sites is 1. The highest BCUT2D eigenvalue weighted by atomic mass is 32.2. The first kappa shape index (κ1) is 19.0. The van der Waals surface area contributed by atoms with Gasteiger partial charge in [0.05, 0.1) is 11.9 Å². The number of nitrogens with one attached hydrogen (secondary N) is 1. The number of amides is 1. The lowest BCUT2D eigenvalue weighted by Gasteiger charge is -2.25. The molecule has 0 saturated heterocycles. The van der Waals surface area contributed by atoms with E-state index in [1.165, 1.54) is 0 Å². The van der Waals surface area contributed by atoms with Crippen LogP contribution in [0.2, 0.25) is 0 Å². The minimum absolute atomic E-state index is 0.266. The molecule has 25 heavy (non-hydrogen) atoms. The van der Waals surface area contributed by atoms with Crippen molar-refractivity contribution < 1.29 is 13.2 Å². The number of aryl methyl sites for hydroxylation is 4. The van der Waals surface area contributed by atoms with Crippen LogP contribution < -0.4 is 9.62 Å². The summed E-state index contributed by atoms with van der Waals surface area (Å²) in [5.74, 6) is -0.373. The molecule has 0 fully saturated rings. The Morgan fingerprint density at radius 3 is 2.16 bits per heavy atom. The zero-order valence-electron chi connectivity index (χ0n) is 15.3. The lowest BCUT2D eigenvalue weighted by atomic mass is 10.1. The fourth-order valence-corrected chi connectivity index (χ4v) is 3.72. The monoisotopic (exact) mass is 360 g/mol. The second-order valence-electron chi connectivity index (χ2n) is 6.38. The molecule has 0 heterocycles. The average molecular weight is 360 g/mol. The molecule has 2 aromatic carbocycles. The average Bonchev–Trinajstić information content (AvgIpc) is 2.48. The SMILES string of the molecule is Cc1ccc(C)c(NC(=O)CN(c2c(C)cccc2C)S(C)(=O)=O)c1. The number of hydrogen-bond acceptors (Lipinski definition) is 3. The molecule has 1 amide bonds. The first-order chi connectivity index (χ1) is 11.6. The molecular formula is C19H24N2O3S. The standard InChI is InChI=1S/C19H24N2O3S/c1-13-9-10-14(2)17(11-13)20-18(22)12-21(25(5,23)24)19-15(3)7-6-8-16(19)4/h6-11H,12H2,1-5H3,(H,20,22). The van der Waals surface area contributed by atoms with Crippen LogP contribution in [0.3, 0.4) is 0 Å². The Hall–Kier alpha value is -2.34. The molecule has 0 aliphatic carbocycles. The Balaban J connectivity index is 2.32. The molecule has 6 heteroatoms. The van der Waals surface area contributed by atoms with Crippen LogP contribution in [0.5, 0.6) is 0 Å². The molecule has 2 aromatic rings. The van der Waals surface area contributed by atoms with E-state index in [0.29, 0.717) is 11.4 Å². The third-order valence-electron chi connectivity index (χ3n) is 4.04. The van der Waals surface area contributed by atoms with Crippen LogP contribution in [-0.2, 0) is 14.8 Å². The minimum Gasteiger partial charge on any atom is -0.324 e. The van der Waals surface area contributed by atoms with Crippen molar-refractivity contribution in [2.45, 2.75) is 27.7 Å². The number of hydrogen-bond donors (Lipinski definition) is 1. The van der Waals surface area contributed by atoms with Gasteiger partial charge in [0.2, 0.25) is 15.9 Å². The number of sulfonamides is 1. The number of carbonyl (C=O) groups is 1. The molecule has 0 atom stereocenters. The van der Waals surface area contributed by atoms with E-state index in [2.05, 4.69) is 5.32 Å². The van der Waals surface area contributed by atoms with Crippen molar-refractivity contribution >= 4 is 27.3 Å². The summed E-state index contributed by atoms with van der Waals surface area (Å²) in [4.78, 5) is 12.5. The molecule has 0 radical (unpaired) electrons. The highest BCUT2D eigenvalue weighted by molar-refractivity contribution is 7.92. The maximum Gasteiger partial charge on any atom is 0.245 e. The molecular weight excluding hydrogens is 336 g/mol. The zero-order chi connectivity index (χ0) is 18.8. The van der Waals surface area contributed by atoms with E-state index in [-0.39, 0.29) is 12.5 Å². The van der Waals surface area contributed by atoms with Crippen molar-refractivity contribution in [3.63, 3.8) is 0 Å². The van der Waals surface area contributed by atoms with Gasteiger partial charge >= 0.3 is 0 Å². The molecule has 0 saturated carbocycles. The van der Waals surface area contributed by atoms with E-state index < -0.39 is 10.0 Å². The molecule has 134 valence electrons. The summed E-state index contributed by atoms with van der Waals surface area (Å²) >= 11 is 0. The maximum atomic E-state index is 12.5. The topological polar surface area (TPSA) is 66.5 Å². The Kier molecular flexibility index (Phi) is 5.52. The minimum atomic E-state index is -3.60. The fourth-order valence-electron chi connectivity index (χ4n) is 2.75. The smallest absolute Gasteiger partial charge is 0.245 e. The molecule has 0 aliphatic rings. The van der Waals surface area contributed by atoms with Crippen molar-refractivity contribution in [1.82, 2.24) is 0 Å². The van der Waals surface area contributed by atoms with Gasteiger partial charge in [-0.25, -0.2) is 8.42 Å². The molecule has 1 N–H and O–H groups in total. The van der Waals surface area contributed by atoms with Gasteiger partial charge in [-0.15, -0.1) is 0 Å². The van der Waals surface area contributed by atoms with Gasteiger partial charge in [0.25, 0.3) is 0 Å². The Morgan fingerprint density at radius 1 is 1.00 bits per heavy atom. The van der Waals surface area contributed by atoms with Gasteiger partial charge in [-0.3, -0.25) is 9.10 Å². The highest BCUT2D eigenvalue weighted by Crippen LogP contribution is 2.26. The largest absolute Gasteiger partial charge is 0.324 e. The number of anilines is 2. The number of benzene rings is 2. The van der Waals surface area contributed by atoms with Gasteiger partial charge < -0.3 is 5.32 Å². The van der Waals surface area contributed by atoms with Crippen LogP contribution in [0, 0.1) is 27.7 Å². The predicted octanol–water partition coefficient (Wildman–Crippen LogP) is 3.32. The highest BCUT2D eigenvalue weighted by Gasteiger charge is 2.24. The molecule has 0 aliphatic heterocycles. The lowest BCUT2D eigenvalue weighted by molar-refractivity contribution is -0.114. The van der Waals surface area contributed by atoms with E-state index in [4.69, 9.17) is 0 Å². The van der Waals surface area contributed by atoms with Crippen LogP contribution in [0.4, 0.5) is 11.4 Å². The summed E-state index contributed by atoms with van der Waals surface area (Å²) in [7, 11) is -3.60. The quantitative estimate of drug-likeness (QED) is 0.889. The Morgan fingerprint density at radius 2 is 1.60 bits per heavy atom. The summed E-state index contributed by atoms with van der Waals surface area (Å²) in [5, 5.41) is 2.82. The van der Waals surface area contributed by atoms with E-state index in [9.17, 15) is 13.2 Å². The summed E-state index contributed by atoms with van der Waals surface area (Å²) < 4.78 is 25.7. The molecule has 0 aromatic heterocycles. The van der Waals surface area contributed by atoms with Crippen molar-refractivity contribution in [2.24, 2.45) is 0 Å². The maximum absolute atomic E-state index is 12.5. The van der Waals surface area contributed by atoms with Gasteiger partial charge in [0.1, 0.15) is 6.54 Å². The second-order valence-corrected chi connectivity index (χ2v) is 8.28. The molecule has 2 rings (SSSR count). The van der Waals surface area contributed by atoms with Crippen molar-refractivity contribution in [3.8, 4) is 0 Å². The van der Waals surface area contributed by atoms with E-state index in [1.807, 2.05) is 64.1 Å². The fraction of sp³-hybridized carbons (Fsp3) is 0.316. The molecule has 5 nitrogen and oxygen atoms in total. The summed E-state index contributed by atoms with van der Waals surface area (Å²) in [6, 6.07) is 11.3. The third kappa shape index (κ3) is 4.60. The van der Waals surface area contributed by atoms with Gasteiger partial charge in [0, 0.05) is 5.69 Å². The third-order valence-corrected chi connectivity index (χ3v) is 5.16. The van der Waals surface area contributed by atoms with Crippen LogP contribution in [0.15, 0.2) is 36.4 Å². The number of carbonyl (C=O) groups excluding carboxylic acids is 1. The Labute approximate surface area is 149 Å².